The fraction of sp³-hybridized carbons (Fsp3) is 0.375. The zero-order chi connectivity index (χ0) is 10.3. The number of nitriles is 2. The minimum absolute atomic E-state index is 0. The van der Waals surface area contributed by atoms with Gasteiger partial charge in [-0.25, -0.2) is 4.99 Å². The Morgan fingerprint density at radius 3 is 2.21 bits per heavy atom. The lowest BCUT2D eigenvalue weighted by atomic mass is 10.3. The Bertz CT molecular complexity index is 318. The molecule has 0 radical (unpaired) electrons. The molecule has 0 fully saturated rings. The summed E-state index contributed by atoms with van der Waals surface area (Å²) in [6, 6.07) is 3.34. The zero-order valence-corrected chi connectivity index (χ0v) is 8.64. The Morgan fingerprint density at radius 2 is 1.86 bits per heavy atom. The maximum Gasteiger partial charge on any atom is 0.176 e. The number of hydrogen-bond donors (Lipinski definition) is 2. The molecular formula is C8H12ClN5. The third-order valence-electron chi connectivity index (χ3n) is 1.24. The van der Waals surface area contributed by atoms with Crippen molar-refractivity contribution in [3.05, 3.63) is 11.4 Å². The van der Waals surface area contributed by atoms with Crippen LogP contribution in [0.15, 0.2) is 16.4 Å². The Morgan fingerprint density at radius 1 is 1.29 bits per heavy atom. The van der Waals surface area contributed by atoms with Gasteiger partial charge in [0.25, 0.3) is 0 Å². The summed E-state index contributed by atoms with van der Waals surface area (Å²) < 4.78 is 0. The largest absolute Gasteiger partial charge is 0.388 e. The van der Waals surface area contributed by atoms with E-state index in [0.29, 0.717) is 12.3 Å². The van der Waals surface area contributed by atoms with Crippen LogP contribution in [0, 0.1) is 22.7 Å². The molecular weight excluding hydrogens is 202 g/mol. The molecule has 0 saturated carbocycles. The number of halogens is 1. The molecule has 0 rings (SSSR count). The van der Waals surface area contributed by atoms with E-state index in [1.807, 2.05) is 6.92 Å². The third kappa shape index (κ3) is 5.02. The van der Waals surface area contributed by atoms with Crippen molar-refractivity contribution in [2.45, 2.75) is 19.8 Å². The molecule has 0 aliphatic rings. The summed E-state index contributed by atoms with van der Waals surface area (Å²) in [5, 5.41) is 16.9. The molecule has 0 aliphatic heterocycles. The predicted molar refractivity (Wildman–Crippen MR) is 56.2 cm³/mol. The molecule has 0 amide bonds. The smallest absolute Gasteiger partial charge is 0.176 e. The van der Waals surface area contributed by atoms with Crippen molar-refractivity contribution in [3.8, 4) is 12.1 Å². The van der Waals surface area contributed by atoms with Crippen LogP contribution in [0.1, 0.15) is 19.8 Å². The molecule has 0 atom stereocenters. The lowest BCUT2D eigenvalue weighted by Gasteiger charge is -1.96. The van der Waals surface area contributed by atoms with Crippen LogP contribution in [0.4, 0.5) is 0 Å². The minimum Gasteiger partial charge on any atom is -0.388 e. The molecule has 0 aromatic heterocycles. The SMILES string of the molecule is CCCC(N)=N/C(C#N)=C(\N)C#N.Cl. The van der Waals surface area contributed by atoms with Crippen LogP contribution in [0.2, 0.25) is 0 Å². The first-order valence-electron chi connectivity index (χ1n) is 3.78. The van der Waals surface area contributed by atoms with Crippen molar-refractivity contribution >= 4 is 18.2 Å². The molecule has 0 aliphatic carbocycles. The van der Waals surface area contributed by atoms with Crippen LogP contribution in [0.25, 0.3) is 0 Å². The van der Waals surface area contributed by atoms with Crippen molar-refractivity contribution in [2.24, 2.45) is 16.5 Å². The standard InChI is InChI=1S/C8H11N5.ClH/c1-2-3-8(12)13-7(5-10)6(11)4-9;/h2-3,11H2,1H3,(H2,12,13);1H/b7-6-;. The Kier molecular flexibility index (Phi) is 8.35. The normalized spacial score (nSPS) is 11.8. The molecule has 0 spiro atoms. The second kappa shape index (κ2) is 7.90. The second-order valence-electron chi connectivity index (χ2n) is 2.34. The fourth-order valence-electron chi connectivity index (χ4n) is 0.654. The quantitative estimate of drug-likeness (QED) is 0.410. The van der Waals surface area contributed by atoms with Gasteiger partial charge in [-0.1, -0.05) is 6.92 Å². The third-order valence-corrected chi connectivity index (χ3v) is 1.24. The van der Waals surface area contributed by atoms with E-state index in [0.717, 1.165) is 6.42 Å². The summed E-state index contributed by atoms with van der Waals surface area (Å²) in [4.78, 5) is 3.72. The van der Waals surface area contributed by atoms with E-state index in [4.69, 9.17) is 22.0 Å². The molecule has 0 saturated heterocycles. The molecule has 0 aromatic carbocycles. The molecule has 6 heteroatoms. The van der Waals surface area contributed by atoms with Gasteiger partial charge in [0.15, 0.2) is 5.70 Å². The maximum absolute atomic E-state index is 8.54. The van der Waals surface area contributed by atoms with Gasteiger partial charge in [-0.05, 0) is 6.42 Å². The minimum atomic E-state index is -0.207. The topological polar surface area (TPSA) is 112 Å². The second-order valence-corrected chi connectivity index (χ2v) is 2.34. The molecule has 4 N–H and O–H groups in total. The Balaban J connectivity index is 0. The van der Waals surface area contributed by atoms with Gasteiger partial charge in [-0.3, -0.25) is 0 Å². The molecule has 0 aromatic rings. The van der Waals surface area contributed by atoms with Crippen molar-refractivity contribution < 1.29 is 0 Å². The summed E-state index contributed by atoms with van der Waals surface area (Å²) in [6.07, 6.45) is 1.42. The van der Waals surface area contributed by atoms with Gasteiger partial charge in [-0.2, -0.15) is 10.5 Å². The number of amidine groups is 1. The van der Waals surface area contributed by atoms with E-state index in [-0.39, 0.29) is 23.8 Å². The van der Waals surface area contributed by atoms with Gasteiger partial charge < -0.3 is 11.5 Å². The van der Waals surface area contributed by atoms with Gasteiger partial charge in [0.1, 0.15) is 23.7 Å². The van der Waals surface area contributed by atoms with Crippen LogP contribution in [-0.4, -0.2) is 5.84 Å². The number of hydrogen-bond acceptors (Lipinski definition) is 4. The Labute approximate surface area is 89.1 Å². The summed E-state index contributed by atoms with van der Waals surface area (Å²) >= 11 is 0. The highest BCUT2D eigenvalue weighted by molar-refractivity contribution is 5.85. The average Bonchev–Trinajstić information content (AvgIpc) is 2.13. The predicted octanol–water partition coefficient (Wildman–Crippen LogP) is 0.783. The van der Waals surface area contributed by atoms with E-state index in [1.54, 1.807) is 12.1 Å². The highest BCUT2D eigenvalue weighted by atomic mass is 35.5. The summed E-state index contributed by atoms with van der Waals surface area (Å²) in [7, 11) is 0. The van der Waals surface area contributed by atoms with E-state index in [9.17, 15) is 0 Å². The van der Waals surface area contributed by atoms with Crippen molar-refractivity contribution in [3.63, 3.8) is 0 Å². The average molecular weight is 214 g/mol. The number of allylic oxidation sites excluding steroid dienone is 2. The van der Waals surface area contributed by atoms with Crippen LogP contribution < -0.4 is 11.5 Å². The number of rotatable bonds is 3. The molecule has 0 unspecified atom stereocenters. The molecule has 5 nitrogen and oxygen atoms in total. The van der Waals surface area contributed by atoms with Crippen LogP contribution in [-0.2, 0) is 0 Å². The first-order valence-corrected chi connectivity index (χ1v) is 3.78. The van der Waals surface area contributed by atoms with Gasteiger partial charge in [0.05, 0.1) is 0 Å². The van der Waals surface area contributed by atoms with Gasteiger partial charge in [-0.15, -0.1) is 12.4 Å². The summed E-state index contributed by atoms with van der Waals surface area (Å²) in [6.45, 7) is 1.94. The van der Waals surface area contributed by atoms with Gasteiger partial charge >= 0.3 is 0 Å². The molecule has 76 valence electrons. The van der Waals surface area contributed by atoms with E-state index < -0.39 is 0 Å². The molecule has 0 bridgehead atoms. The monoisotopic (exact) mass is 213 g/mol. The summed E-state index contributed by atoms with van der Waals surface area (Å²) in [5.41, 5.74) is 10.3. The number of nitrogens with two attached hydrogens (primary N) is 2. The first kappa shape index (κ1) is 14.8. The highest BCUT2D eigenvalue weighted by Gasteiger charge is 2.00. The lowest BCUT2D eigenvalue weighted by Crippen LogP contribution is -2.12. The molecule has 14 heavy (non-hydrogen) atoms. The fourth-order valence-corrected chi connectivity index (χ4v) is 0.654. The van der Waals surface area contributed by atoms with Crippen LogP contribution in [0.3, 0.4) is 0 Å². The highest BCUT2D eigenvalue weighted by Crippen LogP contribution is 2.00. The first-order chi connectivity index (χ1) is 6.15. The van der Waals surface area contributed by atoms with Crippen molar-refractivity contribution in [1.82, 2.24) is 0 Å². The molecule has 0 heterocycles. The van der Waals surface area contributed by atoms with Gasteiger partial charge in [0.2, 0.25) is 0 Å². The summed E-state index contributed by atoms with van der Waals surface area (Å²) in [5.74, 6) is 0.317. The number of aliphatic imine (C=N–C) groups is 1. The van der Waals surface area contributed by atoms with E-state index >= 15 is 0 Å². The van der Waals surface area contributed by atoms with Crippen molar-refractivity contribution in [2.75, 3.05) is 0 Å². The van der Waals surface area contributed by atoms with Crippen LogP contribution in [0.5, 0.6) is 0 Å². The van der Waals surface area contributed by atoms with Gasteiger partial charge in [0, 0.05) is 6.42 Å². The van der Waals surface area contributed by atoms with Crippen molar-refractivity contribution in [1.29, 1.82) is 10.5 Å². The van der Waals surface area contributed by atoms with E-state index in [2.05, 4.69) is 4.99 Å². The number of nitrogens with zero attached hydrogens (tertiary/aromatic N) is 3. The van der Waals surface area contributed by atoms with Crippen LogP contribution >= 0.6 is 12.4 Å². The van der Waals surface area contributed by atoms with E-state index in [1.165, 1.54) is 0 Å². The zero-order valence-electron chi connectivity index (χ0n) is 7.82. The Hall–Kier alpha value is -1.72. The maximum atomic E-state index is 8.54. The lowest BCUT2D eigenvalue weighted by molar-refractivity contribution is 0.979.